The molecule has 1 aliphatic rings. The Balaban J connectivity index is 1.99. The van der Waals surface area contributed by atoms with Crippen molar-refractivity contribution in [3.63, 3.8) is 0 Å². The highest BCUT2D eigenvalue weighted by Gasteiger charge is 2.49. The van der Waals surface area contributed by atoms with Gasteiger partial charge in [0.2, 0.25) is 5.09 Å². The van der Waals surface area contributed by atoms with E-state index in [1.807, 2.05) is 0 Å². The van der Waals surface area contributed by atoms with Gasteiger partial charge in [-0.15, -0.1) is 0 Å². The lowest BCUT2D eigenvalue weighted by Gasteiger charge is -2.37. The Hall–Kier alpha value is -1.58. The van der Waals surface area contributed by atoms with Gasteiger partial charge < -0.3 is 9.52 Å². The zero-order chi connectivity index (χ0) is 17.5. The van der Waals surface area contributed by atoms with Crippen molar-refractivity contribution in [1.29, 1.82) is 0 Å². The number of hydrogen-bond acceptors (Lipinski definition) is 4. The van der Waals surface area contributed by atoms with Gasteiger partial charge in [-0.2, -0.15) is 17.5 Å². The fourth-order valence-electron chi connectivity index (χ4n) is 2.96. The molecule has 1 aliphatic heterocycles. The van der Waals surface area contributed by atoms with Crippen LogP contribution in [0.4, 0.5) is 13.2 Å². The minimum atomic E-state index is -4.89. The molecule has 0 radical (unpaired) electrons. The van der Waals surface area contributed by atoms with Crippen LogP contribution in [0, 0.1) is 0 Å². The largest absolute Gasteiger partial charge is 0.443 e. The Morgan fingerprint density at radius 1 is 1.25 bits per heavy atom. The van der Waals surface area contributed by atoms with Crippen molar-refractivity contribution < 1.29 is 31.1 Å². The van der Waals surface area contributed by atoms with E-state index < -0.39 is 33.4 Å². The average Bonchev–Trinajstić information content (AvgIpc) is 2.98. The number of halogens is 3. The lowest BCUT2D eigenvalue weighted by atomic mass is 9.99. The minimum absolute atomic E-state index is 0.0554. The molecule has 1 fully saturated rings. The molecule has 9 heteroatoms. The normalized spacial score (nSPS) is 21.9. The summed E-state index contributed by atoms with van der Waals surface area (Å²) in [7, 11) is -4.27. The number of aliphatic hydroxyl groups is 1. The maximum absolute atomic E-state index is 12.9. The molecule has 0 bridgehead atoms. The molecule has 2 atom stereocenters. The first-order chi connectivity index (χ1) is 11.2. The summed E-state index contributed by atoms with van der Waals surface area (Å²) in [6.45, 7) is -0.0861. The average molecular weight is 363 g/mol. The van der Waals surface area contributed by atoms with Crippen LogP contribution in [0.1, 0.15) is 19.3 Å². The van der Waals surface area contributed by atoms with Gasteiger partial charge in [-0.1, -0.05) is 24.6 Å². The summed E-state index contributed by atoms with van der Waals surface area (Å²) in [5, 5.41) is 9.70. The summed E-state index contributed by atoms with van der Waals surface area (Å²) in [5.41, 5.74) is 0.334. The zero-order valence-corrected chi connectivity index (χ0v) is 13.3. The van der Waals surface area contributed by atoms with E-state index in [0.717, 1.165) is 0 Å². The second-order valence-electron chi connectivity index (χ2n) is 5.77. The van der Waals surface area contributed by atoms with Crippen LogP contribution in [0.5, 0.6) is 0 Å². The number of benzene rings is 1. The molecule has 1 saturated heterocycles. The molecular formula is C15H16F3NO4S. The van der Waals surface area contributed by atoms with Gasteiger partial charge in [0.1, 0.15) is 5.58 Å². The number of para-hydroxylation sites is 1. The summed E-state index contributed by atoms with van der Waals surface area (Å²) in [6, 6.07) is 6.33. The van der Waals surface area contributed by atoms with E-state index in [-0.39, 0.29) is 13.0 Å². The van der Waals surface area contributed by atoms with Crippen molar-refractivity contribution in [1.82, 2.24) is 4.31 Å². The van der Waals surface area contributed by atoms with E-state index in [9.17, 15) is 26.7 Å². The number of rotatable bonds is 3. The van der Waals surface area contributed by atoms with E-state index in [2.05, 4.69) is 0 Å². The molecule has 1 N–H and O–H groups in total. The van der Waals surface area contributed by atoms with Gasteiger partial charge in [0, 0.05) is 18.0 Å². The number of nitrogens with zero attached hydrogens (tertiary/aromatic N) is 1. The first-order valence-electron chi connectivity index (χ1n) is 7.46. The summed E-state index contributed by atoms with van der Waals surface area (Å²) in [5.74, 6) is 0. The van der Waals surface area contributed by atoms with Gasteiger partial charge in [0.15, 0.2) is 6.10 Å². The van der Waals surface area contributed by atoms with Gasteiger partial charge in [-0.3, -0.25) is 0 Å². The lowest BCUT2D eigenvalue weighted by molar-refractivity contribution is -0.219. The SMILES string of the molecule is O=S(=O)(c1cc2ccccc2o1)N1CCCC[C@H]1[C@@H](O)C(F)(F)F. The van der Waals surface area contributed by atoms with Crippen molar-refractivity contribution in [3.05, 3.63) is 30.3 Å². The first-order valence-corrected chi connectivity index (χ1v) is 8.90. The number of fused-ring (bicyclic) bond motifs is 1. The minimum Gasteiger partial charge on any atom is -0.443 e. The quantitative estimate of drug-likeness (QED) is 0.910. The maximum atomic E-state index is 12.9. The molecule has 5 nitrogen and oxygen atoms in total. The van der Waals surface area contributed by atoms with Crippen molar-refractivity contribution >= 4 is 21.0 Å². The van der Waals surface area contributed by atoms with Crippen LogP contribution >= 0.6 is 0 Å². The summed E-state index contributed by atoms with van der Waals surface area (Å²) < 4.78 is 70.1. The number of alkyl halides is 3. The Labute approximate surface area is 136 Å². The van der Waals surface area contributed by atoms with Gasteiger partial charge in [0.25, 0.3) is 10.0 Å². The highest BCUT2D eigenvalue weighted by molar-refractivity contribution is 7.89. The van der Waals surface area contributed by atoms with Crippen LogP contribution in [-0.2, 0) is 10.0 Å². The van der Waals surface area contributed by atoms with Crippen LogP contribution in [0.2, 0.25) is 0 Å². The molecule has 2 aromatic rings. The predicted molar refractivity (Wildman–Crippen MR) is 79.8 cm³/mol. The molecule has 0 aliphatic carbocycles. The molecular weight excluding hydrogens is 347 g/mol. The van der Waals surface area contributed by atoms with Crippen molar-refractivity contribution in [2.45, 2.75) is 42.7 Å². The topological polar surface area (TPSA) is 70.8 Å². The fraction of sp³-hybridized carbons (Fsp3) is 0.467. The smallest absolute Gasteiger partial charge is 0.415 e. The highest BCUT2D eigenvalue weighted by atomic mass is 32.2. The maximum Gasteiger partial charge on any atom is 0.415 e. The summed E-state index contributed by atoms with van der Waals surface area (Å²) >= 11 is 0. The Kier molecular flexibility index (Phi) is 4.35. The Morgan fingerprint density at radius 2 is 1.96 bits per heavy atom. The predicted octanol–water partition coefficient (Wildman–Crippen LogP) is 2.90. The molecule has 132 valence electrons. The van der Waals surface area contributed by atoms with E-state index >= 15 is 0 Å². The van der Waals surface area contributed by atoms with Crippen LogP contribution in [0.3, 0.4) is 0 Å². The third-order valence-electron chi connectivity index (χ3n) is 4.16. The van der Waals surface area contributed by atoms with Gasteiger partial charge in [0.05, 0.1) is 6.04 Å². The van der Waals surface area contributed by atoms with Gasteiger partial charge in [-0.25, -0.2) is 8.42 Å². The van der Waals surface area contributed by atoms with Crippen LogP contribution in [0.25, 0.3) is 11.0 Å². The second kappa shape index (κ2) is 6.05. The first kappa shape index (κ1) is 17.2. The molecule has 0 spiro atoms. The van der Waals surface area contributed by atoms with Crippen molar-refractivity contribution in [2.24, 2.45) is 0 Å². The molecule has 0 unspecified atom stereocenters. The molecule has 2 heterocycles. The van der Waals surface area contributed by atoms with E-state index in [1.165, 1.54) is 6.07 Å². The number of piperidine rings is 1. The summed E-state index contributed by atoms with van der Waals surface area (Å²) in [6.07, 6.45) is -6.81. The fourth-order valence-corrected chi connectivity index (χ4v) is 4.61. The van der Waals surface area contributed by atoms with Crippen LogP contribution in [-0.4, -0.2) is 42.7 Å². The molecule has 1 aromatic heterocycles. The third kappa shape index (κ3) is 3.03. The van der Waals surface area contributed by atoms with Crippen molar-refractivity contribution in [3.8, 4) is 0 Å². The molecule has 0 amide bonds. The molecule has 24 heavy (non-hydrogen) atoms. The Bertz CT molecular complexity index is 798. The van der Waals surface area contributed by atoms with E-state index in [0.29, 0.717) is 28.1 Å². The standard InChI is InChI=1S/C15H16F3NO4S/c16-15(17,18)14(20)11-6-3-4-8-19(11)24(21,22)13-9-10-5-1-2-7-12(10)23-13/h1-2,5,7,9,11,14,20H,3-4,6,8H2/t11-,14+/m0/s1. The van der Waals surface area contributed by atoms with Crippen molar-refractivity contribution in [2.75, 3.05) is 6.54 Å². The molecule has 0 saturated carbocycles. The second-order valence-corrected chi connectivity index (χ2v) is 7.59. The number of hydrogen-bond donors (Lipinski definition) is 1. The lowest BCUT2D eigenvalue weighted by Crippen LogP contribution is -2.54. The number of aliphatic hydroxyl groups excluding tert-OH is 1. The number of sulfonamides is 1. The number of furan rings is 1. The zero-order valence-electron chi connectivity index (χ0n) is 12.5. The monoisotopic (exact) mass is 363 g/mol. The summed E-state index contributed by atoms with van der Waals surface area (Å²) in [4.78, 5) is 0. The molecule has 3 rings (SSSR count). The van der Waals surface area contributed by atoms with Gasteiger partial charge >= 0.3 is 6.18 Å². The molecule has 1 aromatic carbocycles. The Morgan fingerprint density at radius 3 is 2.62 bits per heavy atom. The van der Waals surface area contributed by atoms with Crippen LogP contribution < -0.4 is 0 Å². The van der Waals surface area contributed by atoms with Gasteiger partial charge in [-0.05, 0) is 18.9 Å². The highest BCUT2D eigenvalue weighted by Crippen LogP contribution is 2.34. The van der Waals surface area contributed by atoms with E-state index in [4.69, 9.17) is 4.42 Å². The third-order valence-corrected chi connectivity index (χ3v) is 5.94. The van der Waals surface area contributed by atoms with Crippen LogP contribution in [0.15, 0.2) is 39.8 Å². The van der Waals surface area contributed by atoms with E-state index in [1.54, 1.807) is 24.3 Å².